The van der Waals surface area contributed by atoms with Crippen molar-refractivity contribution in [1.29, 1.82) is 0 Å². The third-order valence-corrected chi connectivity index (χ3v) is 8.44. The molecule has 16 heteroatoms. The molecule has 8 N–H and O–H groups in total. The van der Waals surface area contributed by atoms with Gasteiger partial charge in [0, 0.05) is 13.0 Å². The van der Waals surface area contributed by atoms with Crippen LogP contribution in [0.2, 0.25) is 0 Å². The summed E-state index contributed by atoms with van der Waals surface area (Å²) in [6, 6.07) is -6.46. The average molecular weight is 673 g/mol. The van der Waals surface area contributed by atoms with E-state index in [1.165, 1.54) is 4.90 Å². The molecule has 6 atom stereocenters. The standard InChI is InChI=1S/C30H52N6O9S/c1-15(2)22(27(41)32-19(10-11-21(37)38)25(39)35-24(17(5)6)30(44)45)34-28(42)23(16(3)4)33-26(40)20-9-8-13-36(20)29(43)18(31)12-14-46-7/h15-20,22-24H,8-14,31H2,1-7H3,(H,32,41)(H,33,40)(H,34,42)(H,35,39)(H,37,38)(H,44,45)/t18-,19-,20-,22-,23-,24-/m0/s1. The van der Waals surface area contributed by atoms with Gasteiger partial charge in [-0.1, -0.05) is 41.5 Å². The summed E-state index contributed by atoms with van der Waals surface area (Å²) in [5.41, 5.74) is 6.07. The number of nitrogens with two attached hydrogens (primary N) is 1. The molecule has 262 valence electrons. The zero-order valence-corrected chi connectivity index (χ0v) is 28.6. The lowest BCUT2D eigenvalue weighted by Gasteiger charge is -2.31. The van der Waals surface area contributed by atoms with Gasteiger partial charge in [0.05, 0.1) is 6.04 Å². The van der Waals surface area contributed by atoms with E-state index in [2.05, 4.69) is 21.3 Å². The van der Waals surface area contributed by atoms with E-state index in [4.69, 9.17) is 10.8 Å². The summed E-state index contributed by atoms with van der Waals surface area (Å²) in [5.74, 6) is -6.36. The smallest absolute Gasteiger partial charge is 0.326 e. The number of thioether (sulfide) groups is 1. The van der Waals surface area contributed by atoms with Crippen LogP contribution in [0.25, 0.3) is 0 Å². The first-order valence-corrected chi connectivity index (χ1v) is 17.0. The van der Waals surface area contributed by atoms with Crippen LogP contribution >= 0.6 is 11.8 Å². The van der Waals surface area contributed by atoms with Gasteiger partial charge >= 0.3 is 11.9 Å². The Kier molecular flexibility index (Phi) is 17.0. The van der Waals surface area contributed by atoms with Crippen molar-refractivity contribution in [2.45, 2.75) is 110 Å². The van der Waals surface area contributed by atoms with Gasteiger partial charge in [-0.2, -0.15) is 11.8 Å². The van der Waals surface area contributed by atoms with Gasteiger partial charge < -0.3 is 42.1 Å². The molecule has 0 bridgehead atoms. The number of likely N-dealkylation sites (tertiary alicyclic amines) is 1. The molecule has 0 aromatic heterocycles. The van der Waals surface area contributed by atoms with Crippen molar-refractivity contribution in [3.63, 3.8) is 0 Å². The predicted octanol–water partition coefficient (Wildman–Crippen LogP) is -0.0856. The van der Waals surface area contributed by atoms with Crippen LogP contribution in [0.4, 0.5) is 0 Å². The van der Waals surface area contributed by atoms with E-state index in [-0.39, 0.29) is 12.3 Å². The SMILES string of the molecule is CSCC[C@H](N)C(=O)N1CCC[C@H]1C(=O)N[C@H](C(=O)N[C@H](C(=O)N[C@@H](CCC(=O)O)C(=O)N[C@H](C(=O)O)C(C)C)C(C)C)C(C)C. The molecule has 1 aliphatic rings. The summed E-state index contributed by atoms with van der Waals surface area (Å²) >= 11 is 1.56. The number of nitrogens with one attached hydrogen (secondary N) is 4. The van der Waals surface area contributed by atoms with Gasteiger partial charge in [0.2, 0.25) is 29.5 Å². The number of carbonyl (C=O) groups is 7. The van der Waals surface area contributed by atoms with Crippen molar-refractivity contribution in [2.24, 2.45) is 23.5 Å². The van der Waals surface area contributed by atoms with Gasteiger partial charge in [-0.05, 0) is 55.4 Å². The normalized spacial score (nSPS) is 18.0. The Morgan fingerprint density at radius 3 is 1.80 bits per heavy atom. The Morgan fingerprint density at radius 2 is 1.30 bits per heavy atom. The number of carboxylic acid groups (broad SMARTS) is 2. The van der Waals surface area contributed by atoms with Crippen LogP contribution in [0.3, 0.4) is 0 Å². The number of nitrogens with zero attached hydrogens (tertiary/aromatic N) is 1. The third-order valence-electron chi connectivity index (χ3n) is 7.79. The molecule has 1 fully saturated rings. The molecule has 0 saturated carbocycles. The topological polar surface area (TPSA) is 237 Å². The Morgan fingerprint density at radius 1 is 0.783 bits per heavy atom. The van der Waals surface area contributed by atoms with Crippen LogP contribution in [-0.4, -0.2) is 111 Å². The Bertz CT molecular complexity index is 1100. The van der Waals surface area contributed by atoms with E-state index in [1.54, 1.807) is 53.3 Å². The number of hydrogen-bond acceptors (Lipinski definition) is 9. The molecule has 1 heterocycles. The monoisotopic (exact) mass is 672 g/mol. The lowest BCUT2D eigenvalue weighted by Crippen LogP contribution is -2.61. The van der Waals surface area contributed by atoms with Crippen molar-refractivity contribution in [3.8, 4) is 0 Å². The van der Waals surface area contributed by atoms with E-state index in [1.807, 2.05) is 6.26 Å². The molecule has 0 radical (unpaired) electrons. The fraction of sp³-hybridized carbons (Fsp3) is 0.767. The highest BCUT2D eigenvalue weighted by atomic mass is 32.2. The first-order chi connectivity index (χ1) is 21.4. The molecule has 46 heavy (non-hydrogen) atoms. The zero-order valence-electron chi connectivity index (χ0n) is 27.8. The van der Waals surface area contributed by atoms with Crippen molar-refractivity contribution in [3.05, 3.63) is 0 Å². The maximum Gasteiger partial charge on any atom is 0.326 e. The molecule has 5 amide bonds. The Balaban J connectivity index is 3.09. The molecule has 0 aromatic rings. The number of amides is 5. The largest absolute Gasteiger partial charge is 0.481 e. The highest BCUT2D eigenvalue weighted by Gasteiger charge is 2.39. The van der Waals surface area contributed by atoms with Crippen LogP contribution in [0.1, 0.15) is 73.6 Å². The Labute approximate surface area is 274 Å². The van der Waals surface area contributed by atoms with Crippen molar-refractivity contribution < 1.29 is 43.8 Å². The third kappa shape index (κ3) is 12.4. The second kappa shape index (κ2) is 19.3. The summed E-state index contributed by atoms with van der Waals surface area (Å²) in [6.07, 6.45) is 2.59. The number of aliphatic carboxylic acids is 2. The van der Waals surface area contributed by atoms with Gasteiger partial charge in [-0.3, -0.25) is 28.8 Å². The van der Waals surface area contributed by atoms with Gasteiger partial charge in [-0.15, -0.1) is 0 Å². The minimum absolute atomic E-state index is 0.321. The average Bonchev–Trinajstić information content (AvgIpc) is 3.46. The second-order valence-electron chi connectivity index (χ2n) is 12.6. The molecular weight excluding hydrogens is 620 g/mol. The molecular formula is C30H52N6O9S. The summed E-state index contributed by atoms with van der Waals surface area (Å²) < 4.78 is 0. The lowest BCUT2D eigenvalue weighted by atomic mass is 9.98. The predicted molar refractivity (Wildman–Crippen MR) is 172 cm³/mol. The van der Waals surface area contributed by atoms with Gasteiger partial charge in [0.15, 0.2) is 0 Å². The fourth-order valence-electron chi connectivity index (χ4n) is 5.01. The molecule has 0 spiro atoms. The van der Waals surface area contributed by atoms with Crippen molar-refractivity contribution in [1.82, 2.24) is 26.2 Å². The molecule has 15 nitrogen and oxygen atoms in total. The number of hydrogen-bond donors (Lipinski definition) is 7. The highest BCUT2D eigenvalue weighted by Crippen LogP contribution is 2.20. The first kappa shape index (κ1) is 40.6. The van der Waals surface area contributed by atoms with Gasteiger partial charge in [0.25, 0.3) is 0 Å². The van der Waals surface area contributed by atoms with Crippen LogP contribution in [0.15, 0.2) is 0 Å². The molecule has 0 unspecified atom stereocenters. The first-order valence-electron chi connectivity index (χ1n) is 15.6. The summed E-state index contributed by atoms with van der Waals surface area (Å²) in [5, 5.41) is 28.8. The van der Waals surface area contributed by atoms with Gasteiger partial charge in [0.1, 0.15) is 30.2 Å². The minimum atomic E-state index is -1.39. The van der Waals surface area contributed by atoms with Crippen LogP contribution in [0.5, 0.6) is 0 Å². The maximum atomic E-state index is 13.5. The lowest BCUT2D eigenvalue weighted by molar-refractivity contribution is -0.144. The summed E-state index contributed by atoms with van der Waals surface area (Å²) in [4.78, 5) is 90.5. The summed E-state index contributed by atoms with van der Waals surface area (Å²) in [7, 11) is 0. The van der Waals surface area contributed by atoms with E-state index < -0.39 is 96.0 Å². The number of rotatable bonds is 19. The molecule has 1 aliphatic heterocycles. The summed E-state index contributed by atoms with van der Waals surface area (Å²) in [6.45, 7) is 10.3. The van der Waals surface area contributed by atoms with Crippen molar-refractivity contribution in [2.75, 3.05) is 18.6 Å². The maximum absolute atomic E-state index is 13.5. The van der Waals surface area contributed by atoms with E-state index >= 15 is 0 Å². The Hall–Kier alpha value is -3.40. The highest BCUT2D eigenvalue weighted by molar-refractivity contribution is 7.98. The van der Waals surface area contributed by atoms with Crippen molar-refractivity contribution >= 4 is 53.2 Å². The van der Waals surface area contributed by atoms with Crippen LogP contribution in [-0.2, 0) is 33.6 Å². The minimum Gasteiger partial charge on any atom is -0.481 e. The van der Waals surface area contributed by atoms with E-state index in [0.717, 1.165) is 0 Å². The molecule has 1 rings (SSSR count). The molecule has 0 aliphatic carbocycles. The number of carboxylic acids is 2. The van der Waals surface area contributed by atoms with Gasteiger partial charge in [-0.25, -0.2) is 4.79 Å². The quantitative estimate of drug-likeness (QED) is 0.0957. The second-order valence-corrected chi connectivity index (χ2v) is 13.6. The zero-order chi connectivity index (χ0) is 35.3. The molecule has 1 saturated heterocycles. The molecule has 0 aromatic carbocycles. The number of carbonyl (C=O) groups excluding carboxylic acids is 5. The van der Waals surface area contributed by atoms with E-state index in [0.29, 0.717) is 31.6 Å². The van der Waals surface area contributed by atoms with Crippen LogP contribution in [0, 0.1) is 17.8 Å². The van der Waals surface area contributed by atoms with E-state index in [9.17, 15) is 38.7 Å². The fourth-order valence-corrected chi connectivity index (χ4v) is 5.50. The van der Waals surface area contributed by atoms with Crippen LogP contribution < -0.4 is 27.0 Å².